The van der Waals surface area contributed by atoms with Crippen LogP contribution in [-0.4, -0.2) is 65.6 Å². The number of pyridine rings is 1. The van der Waals surface area contributed by atoms with Gasteiger partial charge in [-0.15, -0.1) is 13.2 Å². The molecule has 2 N–H and O–H groups in total. The highest BCUT2D eigenvalue weighted by Gasteiger charge is 2.52. The van der Waals surface area contributed by atoms with Crippen LogP contribution in [0.15, 0.2) is 36.5 Å². The van der Waals surface area contributed by atoms with Crippen LogP contribution in [0.25, 0.3) is 0 Å². The van der Waals surface area contributed by atoms with E-state index in [1.807, 2.05) is 27.7 Å². The smallest absolute Gasteiger partial charge is 0.474 e. The fourth-order valence-electron chi connectivity index (χ4n) is 4.32. The molecule has 2 aromatic rings. The molecule has 9 nitrogen and oxygen atoms in total. The molecule has 210 valence electrons. The molecular weight excluding hydrogens is 518 g/mol. The van der Waals surface area contributed by atoms with Crippen LogP contribution >= 0.6 is 0 Å². The summed E-state index contributed by atoms with van der Waals surface area (Å²) in [5.41, 5.74) is 5.73. The highest BCUT2D eigenvalue weighted by molar-refractivity contribution is 6.62. The van der Waals surface area contributed by atoms with Gasteiger partial charge in [0, 0.05) is 37.6 Å². The minimum absolute atomic E-state index is 0.0472. The molecule has 2 amide bonds. The number of piperidine rings is 1. The van der Waals surface area contributed by atoms with Crippen LogP contribution in [0.1, 0.15) is 56.5 Å². The Morgan fingerprint density at radius 3 is 2.23 bits per heavy atom. The first-order chi connectivity index (χ1) is 18.1. The van der Waals surface area contributed by atoms with Gasteiger partial charge >= 0.3 is 13.5 Å². The van der Waals surface area contributed by atoms with Crippen molar-refractivity contribution in [3.63, 3.8) is 0 Å². The van der Waals surface area contributed by atoms with E-state index in [9.17, 15) is 22.8 Å². The lowest BCUT2D eigenvalue weighted by atomic mass is 9.79. The molecule has 0 bridgehead atoms. The molecule has 0 spiro atoms. The van der Waals surface area contributed by atoms with E-state index >= 15 is 0 Å². The average Bonchev–Trinajstić information content (AvgIpc) is 3.06. The summed E-state index contributed by atoms with van der Waals surface area (Å²) in [6, 6.07) is 6.78. The van der Waals surface area contributed by atoms with Crippen LogP contribution in [0.5, 0.6) is 11.6 Å². The molecule has 13 heteroatoms. The molecule has 0 unspecified atom stereocenters. The summed E-state index contributed by atoms with van der Waals surface area (Å²) in [7, 11) is -0.711. The third-order valence-electron chi connectivity index (χ3n) is 7.25. The van der Waals surface area contributed by atoms with Crippen molar-refractivity contribution in [1.29, 1.82) is 0 Å². The maximum absolute atomic E-state index is 12.7. The Morgan fingerprint density at radius 1 is 1.10 bits per heavy atom. The minimum Gasteiger partial charge on any atom is -0.474 e. The van der Waals surface area contributed by atoms with Crippen LogP contribution in [-0.2, 0) is 20.5 Å². The fraction of sp³-hybridized carbons (Fsp3) is 0.500. The van der Waals surface area contributed by atoms with Crippen LogP contribution in [0.3, 0.4) is 0 Å². The zero-order valence-corrected chi connectivity index (χ0v) is 22.2. The molecule has 3 heterocycles. The number of carbonyl (C=O) groups is 2. The molecule has 39 heavy (non-hydrogen) atoms. The zero-order chi connectivity index (χ0) is 28.6. The third-order valence-corrected chi connectivity index (χ3v) is 7.25. The Bertz CT molecular complexity index is 1200. The highest BCUT2D eigenvalue weighted by Crippen LogP contribution is 2.36. The Hall–Kier alpha value is -3.32. The Balaban J connectivity index is 1.33. The maximum atomic E-state index is 12.7. The molecule has 0 saturated carbocycles. The van der Waals surface area contributed by atoms with Crippen molar-refractivity contribution >= 4 is 24.4 Å². The van der Waals surface area contributed by atoms with Gasteiger partial charge in [-0.25, -0.2) is 4.98 Å². The van der Waals surface area contributed by atoms with Crippen molar-refractivity contribution < 1.29 is 41.5 Å². The molecular formula is C26H31BF3N3O6. The van der Waals surface area contributed by atoms with Crippen molar-refractivity contribution in [3.8, 4) is 11.6 Å². The molecule has 2 aliphatic heterocycles. The van der Waals surface area contributed by atoms with E-state index in [0.29, 0.717) is 37.0 Å². The molecule has 4 rings (SSSR count). The first kappa shape index (κ1) is 28.7. The first-order valence-electron chi connectivity index (χ1n) is 12.6. The number of primary amides is 1. The predicted molar refractivity (Wildman–Crippen MR) is 136 cm³/mol. The van der Waals surface area contributed by atoms with Gasteiger partial charge in [0.05, 0.1) is 17.6 Å². The quantitative estimate of drug-likeness (QED) is 0.529. The van der Waals surface area contributed by atoms with Gasteiger partial charge in [-0.2, -0.15) is 0 Å². The molecule has 1 aromatic heterocycles. The highest BCUT2D eigenvalue weighted by atomic mass is 19.4. The molecule has 2 saturated heterocycles. The van der Waals surface area contributed by atoms with E-state index in [1.165, 1.54) is 30.5 Å². The number of nitrogens with two attached hydrogens (primary N) is 1. The molecule has 0 aliphatic carbocycles. The van der Waals surface area contributed by atoms with E-state index < -0.39 is 30.6 Å². The second-order valence-electron chi connectivity index (χ2n) is 10.6. The van der Waals surface area contributed by atoms with Crippen LogP contribution in [0.2, 0.25) is 0 Å². The number of rotatable bonds is 7. The van der Waals surface area contributed by atoms with Gasteiger partial charge < -0.3 is 29.4 Å². The average molecular weight is 549 g/mol. The largest absolute Gasteiger partial charge is 0.573 e. The summed E-state index contributed by atoms with van der Waals surface area (Å²) in [5, 5.41) is 0. The standard InChI is InChI=1S/C26H31BF3N3O6/c1-24(2)25(3,4)39-27(38-24)17-14-20(22(31)35)23(32-15-17)36-18-9-11-33(12-10-18)21(34)13-16-5-7-19(8-6-16)37-26(28,29)30/h5-8,14-15,18H,9-13H2,1-4H3,(H2,31,35). The van der Waals surface area contributed by atoms with E-state index in [1.54, 1.807) is 11.0 Å². The van der Waals surface area contributed by atoms with E-state index in [4.69, 9.17) is 19.8 Å². The summed E-state index contributed by atoms with van der Waals surface area (Å²) in [4.78, 5) is 30.9. The number of hydrogen-bond acceptors (Lipinski definition) is 7. The van der Waals surface area contributed by atoms with Crippen LogP contribution < -0.4 is 20.7 Å². The van der Waals surface area contributed by atoms with E-state index in [-0.39, 0.29) is 35.6 Å². The first-order valence-corrected chi connectivity index (χ1v) is 12.6. The fourth-order valence-corrected chi connectivity index (χ4v) is 4.32. The molecule has 0 radical (unpaired) electrons. The predicted octanol–water partition coefficient (Wildman–Crippen LogP) is 2.99. The van der Waals surface area contributed by atoms with E-state index in [0.717, 1.165) is 0 Å². The topological polar surface area (TPSA) is 113 Å². The number of amides is 2. The van der Waals surface area contributed by atoms with E-state index in [2.05, 4.69) is 9.72 Å². The van der Waals surface area contributed by atoms with Crippen molar-refractivity contribution in [3.05, 3.63) is 47.7 Å². The van der Waals surface area contributed by atoms with Gasteiger partial charge in [0.15, 0.2) is 0 Å². The number of likely N-dealkylation sites (tertiary alicyclic amines) is 1. The lowest BCUT2D eigenvalue weighted by molar-refractivity contribution is -0.274. The number of nitrogens with zero attached hydrogens (tertiary/aromatic N) is 2. The Morgan fingerprint density at radius 2 is 1.69 bits per heavy atom. The summed E-state index contributed by atoms with van der Waals surface area (Å²) in [5.74, 6) is -1.09. The summed E-state index contributed by atoms with van der Waals surface area (Å²) < 4.78 is 58.9. The zero-order valence-electron chi connectivity index (χ0n) is 22.2. The van der Waals surface area contributed by atoms with Crippen molar-refractivity contribution in [2.24, 2.45) is 5.73 Å². The summed E-state index contributed by atoms with van der Waals surface area (Å²) in [6.45, 7) is 8.52. The molecule has 0 atom stereocenters. The maximum Gasteiger partial charge on any atom is 0.573 e. The monoisotopic (exact) mass is 549 g/mol. The van der Waals surface area contributed by atoms with Crippen LogP contribution in [0, 0.1) is 0 Å². The van der Waals surface area contributed by atoms with Gasteiger partial charge in [0.25, 0.3) is 5.91 Å². The number of halogens is 3. The minimum atomic E-state index is -4.77. The van der Waals surface area contributed by atoms with Crippen molar-refractivity contribution in [2.45, 2.75) is 70.6 Å². The van der Waals surface area contributed by atoms with Crippen molar-refractivity contribution in [2.75, 3.05) is 13.1 Å². The van der Waals surface area contributed by atoms with Gasteiger partial charge in [-0.1, -0.05) is 12.1 Å². The van der Waals surface area contributed by atoms with Crippen LogP contribution in [0.4, 0.5) is 13.2 Å². The number of alkyl halides is 3. The number of ether oxygens (including phenoxy) is 2. The lowest BCUT2D eigenvalue weighted by Crippen LogP contribution is -2.42. The molecule has 2 fully saturated rings. The van der Waals surface area contributed by atoms with Gasteiger partial charge in [-0.05, 0) is 51.5 Å². The van der Waals surface area contributed by atoms with Gasteiger partial charge in [0.1, 0.15) is 17.4 Å². The normalized spacial score (nSPS) is 19.2. The molecule has 2 aliphatic rings. The van der Waals surface area contributed by atoms with Gasteiger partial charge in [0.2, 0.25) is 11.8 Å². The molecule has 1 aromatic carbocycles. The Kier molecular flexibility index (Phi) is 7.86. The number of carbonyl (C=O) groups excluding carboxylic acids is 2. The van der Waals surface area contributed by atoms with Crippen molar-refractivity contribution in [1.82, 2.24) is 9.88 Å². The SMILES string of the molecule is CC1(C)OB(c2cnc(OC3CCN(C(=O)Cc4ccc(OC(F)(F)F)cc4)CC3)c(C(N)=O)c2)OC1(C)C. The van der Waals surface area contributed by atoms with Gasteiger partial charge in [-0.3, -0.25) is 9.59 Å². The number of benzene rings is 1. The lowest BCUT2D eigenvalue weighted by Gasteiger charge is -2.32. The third kappa shape index (κ3) is 6.82. The Labute approximate surface area is 224 Å². The number of aromatic nitrogens is 1. The second kappa shape index (κ2) is 10.7. The number of hydrogen-bond donors (Lipinski definition) is 1. The summed E-state index contributed by atoms with van der Waals surface area (Å²) in [6.07, 6.45) is -2.47. The second-order valence-corrected chi connectivity index (χ2v) is 10.6. The summed E-state index contributed by atoms with van der Waals surface area (Å²) >= 11 is 0.